The van der Waals surface area contributed by atoms with Crippen LogP contribution in [-0.2, 0) is 29.1 Å². The number of aryl methyl sites for hydroxylation is 1. The summed E-state index contributed by atoms with van der Waals surface area (Å²) in [6.07, 6.45) is 4.15. The molecule has 0 aliphatic rings. The van der Waals surface area contributed by atoms with Gasteiger partial charge in [0.15, 0.2) is 5.12 Å². The maximum atomic E-state index is 14.3. The average molecular weight is 516 g/mol. The third-order valence-corrected chi connectivity index (χ3v) is 6.57. The van der Waals surface area contributed by atoms with Crippen molar-refractivity contribution in [2.45, 2.75) is 51.4 Å². The van der Waals surface area contributed by atoms with Crippen LogP contribution in [0.4, 0.5) is 8.78 Å². The average Bonchev–Trinajstić information content (AvgIpc) is 3.21. The summed E-state index contributed by atoms with van der Waals surface area (Å²) in [7, 11) is 0. The van der Waals surface area contributed by atoms with E-state index in [4.69, 9.17) is 5.11 Å². The van der Waals surface area contributed by atoms with Gasteiger partial charge in [0.2, 0.25) is 5.91 Å². The molecule has 3 rings (SSSR count). The Balaban J connectivity index is 1.82. The van der Waals surface area contributed by atoms with Crippen molar-refractivity contribution in [2.24, 2.45) is 0 Å². The summed E-state index contributed by atoms with van der Waals surface area (Å²) in [5.74, 6) is -2.26. The molecule has 10 heteroatoms. The minimum absolute atomic E-state index is 0.101. The van der Waals surface area contributed by atoms with Crippen LogP contribution in [0.5, 0.6) is 0 Å². The lowest BCUT2D eigenvalue weighted by atomic mass is 10.1. The Morgan fingerprint density at radius 1 is 1.14 bits per heavy atom. The van der Waals surface area contributed by atoms with Crippen LogP contribution in [0.1, 0.15) is 64.9 Å². The van der Waals surface area contributed by atoms with E-state index in [1.165, 1.54) is 43.3 Å². The van der Waals surface area contributed by atoms with Gasteiger partial charge in [-0.15, -0.1) is 0 Å². The van der Waals surface area contributed by atoms with E-state index >= 15 is 0 Å². The van der Waals surface area contributed by atoms with Crippen LogP contribution in [0, 0.1) is 11.6 Å². The van der Waals surface area contributed by atoms with Crippen molar-refractivity contribution in [3.8, 4) is 0 Å². The number of aromatic nitrogens is 2. The number of carboxylic acid groups (broad SMARTS) is 1. The van der Waals surface area contributed by atoms with Crippen LogP contribution < -0.4 is 5.32 Å². The minimum atomic E-state index is -1.34. The maximum absolute atomic E-state index is 14.3. The Morgan fingerprint density at radius 3 is 2.47 bits per heavy atom. The van der Waals surface area contributed by atoms with Crippen LogP contribution in [0.2, 0.25) is 0 Å². The lowest BCUT2D eigenvalue weighted by Crippen LogP contribution is -2.29. The highest BCUT2D eigenvalue weighted by molar-refractivity contribution is 8.14. The van der Waals surface area contributed by atoms with Gasteiger partial charge in [0, 0.05) is 19.9 Å². The molecule has 3 aromatic rings. The summed E-state index contributed by atoms with van der Waals surface area (Å²) in [5, 5.41) is 10.8. The summed E-state index contributed by atoms with van der Waals surface area (Å²) in [6, 6.07) is 9.37. The van der Waals surface area contributed by atoms with Crippen molar-refractivity contribution in [2.75, 3.05) is 0 Å². The Kier molecular flexibility index (Phi) is 9.35. The normalized spacial score (nSPS) is 11.8. The number of unbranched alkanes of at least 4 members (excludes halogenated alkanes) is 1. The van der Waals surface area contributed by atoms with Gasteiger partial charge < -0.3 is 15.0 Å². The maximum Gasteiger partial charge on any atom is 0.338 e. The largest absolute Gasteiger partial charge is 0.478 e. The number of carbonyl (C=O) groups is 3. The molecule has 7 nitrogen and oxygen atoms in total. The highest BCUT2D eigenvalue weighted by Crippen LogP contribution is 2.30. The molecule has 0 spiro atoms. The van der Waals surface area contributed by atoms with Gasteiger partial charge >= 0.3 is 5.97 Å². The number of amides is 1. The monoisotopic (exact) mass is 515 g/mol. The first-order valence-corrected chi connectivity index (χ1v) is 12.3. The molecule has 1 unspecified atom stereocenters. The molecular weight excluding hydrogens is 488 g/mol. The quantitative estimate of drug-likeness (QED) is 0.377. The van der Waals surface area contributed by atoms with Crippen molar-refractivity contribution < 1.29 is 28.3 Å². The minimum Gasteiger partial charge on any atom is -0.478 e. The number of benzene rings is 2. The second-order valence-corrected chi connectivity index (χ2v) is 9.52. The molecule has 2 aromatic carbocycles. The lowest BCUT2D eigenvalue weighted by Gasteiger charge is -2.17. The molecule has 1 amide bonds. The number of nitrogens with zero attached hydrogens (tertiary/aromatic N) is 2. The summed E-state index contributed by atoms with van der Waals surface area (Å²) in [5.41, 5.74) is 1.32. The predicted molar refractivity (Wildman–Crippen MR) is 133 cm³/mol. The van der Waals surface area contributed by atoms with Gasteiger partial charge in [0.1, 0.15) is 22.7 Å². The standard InChI is InChI=1S/C26H27F2N3O4S/c1-3-4-5-23-29-13-20(31(23)15-17-6-11-21(26(34)35)22(28)12-17)14-30-25(33)24(36-16(2)32)18-7-9-19(27)10-8-18/h6-13,24H,3-5,14-15H2,1-2H3,(H,30,33)(H,34,35). The number of nitrogens with one attached hydrogen (secondary N) is 1. The first kappa shape index (κ1) is 27.1. The molecule has 0 aliphatic carbocycles. The Bertz CT molecular complexity index is 1240. The number of thioether (sulfide) groups is 1. The first-order chi connectivity index (χ1) is 17.2. The second kappa shape index (κ2) is 12.4. The topological polar surface area (TPSA) is 101 Å². The van der Waals surface area contributed by atoms with E-state index in [2.05, 4.69) is 17.2 Å². The number of hydrogen-bond acceptors (Lipinski definition) is 5. The van der Waals surface area contributed by atoms with E-state index in [1.807, 2.05) is 4.57 Å². The number of carboxylic acids is 1. The molecule has 1 aromatic heterocycles. The van der Waals surface area contributed by atoms with Gasteiger partial charge in [0.05, 0.1) is 24.0 Å². The zero-order chi connectivity index (χ0) is 26.2. The van der Waals surface area contributed by atoms with E-state index in [0.29, 0.717) is 23.2 Å². The van der Waals surface area contributed by atoms with E-state index in [9.17, 15) is 23.2 Å². The molecule has 1 atom stereocenters. The molecule has 0 saturated carbocycles. The number of rotatable bonds is 11. The summed E-state index contributed by atoms with van der Waals surface area (Å²) < 4.78 is 29.5. The summed E-state index contributed by atoms with van der Waals surface area (Å²) in [6.45, 7) is 3.75. The fraction of sp³-hybridized carbons (Fsp3) is 0.308. The van der Waals surface area contributed by atoms with E-state index < -0.39 is 34.3 Å². The van der Waals surface area contributed by atoms with Crippen molar-refractivity contribution in [3.05, 3.63) is 88.5 Å². The van der Waals surface area contributed by atoms with Gasteiger partial charge in [-0.25, -0.2) is 18.6 Å². The Hall–Kier alpha value is -3.53. The highest BCUT2D eigenvalue weighted by atomic mass is 32.2. The van der Waals surface area contributed by atoms with Crippen LogP contribution in [-0.4, -0.2) is 31.6 Å². The zero-order valence-electron chi connectivity index (χ0n) is 20.0. The molecule has 0 bridgehead atoms. The fourth-order valence-corrected chi connectivity index (χ4v) is 4.50. The predicted octanol–water partition coefficient (Wildman–Crippen LogP) is 4.89. The molecular formula is C26H27F2N3O4S. The smallest absolute Gasteiger partial charge is 0.338 e. The van der Waals surface area contributed by atoms with Gasteiger partial charge in [-0.05, 0) is 41.8 Å². The molecule has 0 radical (unpaired) electrons. The molecule has 2 N–H and O–H groups in total. The van der Waals surface area contributed by atoms with E-state index in [0.717, 1.165) is 30.4 Å². The first-order valence-electron chi connectivity index (χ1n) is 11.4. The van der Waals surface area contributed by atoms with Crippen molar-refractivity contribution in [1.82, 2.24) is 14.9 Å². The second-order valence-electron chi connectivity index (χ2n) is 8.23. The molecule has 0 aliphatic heterocycles. The fourth-order valence-electron chi connectivity index (χ4n) is 3.68. The van der Waals surface area contributed by atoms with Gasteiger partial charge in [-0.2, -0.15) is 0 Å². The third kappa shape index (κ3) is 7.00. The molecule has 0 saturated heterocycles. The van der Waals surface area contributed by atoms with Gasteiger partial charge in [-0.1, -0.05) is 43.3 Å². The van der Waals surface area contributed by atoms with Crippen molar-refractivity contribution in [1.29, 1.82) is 0 Å². The van der Waals surface area contributed by atoms with Crippen LogP contribution >= 0.6 is 11.8 Å². The van der Waals surface area contributed by atoms with Gasteiger partial charge in [0.25, 0.3) is 0 Å². The zero-order valence-corrected chi connectivity index (χ0v) is 20.8. The lowest BCUT2D eigenvalue weighted by molar-refractivity contribution is -0.121. The highest BCUT2D eigenvalue weighted by Gasteiger charge is 2.24. The van der Waals surface area contributed by atoms with Crippen LogP contribution in [0.15, 0.2) is 48.7 Å². The number of hydrogen-bond donors (Lipinski definition) is 2. The molecule has 36 heavy (non-hydrogen) atoms. The molecule has 1 heterocycles. The summed E-state index contributed by atoms with van der Waals surface area (Å²) in [4.78, 5) is 40.4. The van der Waals surface area contributed by atoms with E-state index in [1.54, 1.807) is 12.3 Å². The number of aromatic carboxylic acids is 1. The number of imidazole rings is 1. The van der Waals surface area contributed by atoms with Crippen LogP contribution in [0.3, 0.4) is 0 Å². The Labute approximate surface area is 211 Å². The van der Waals surface area contributed by atoms with Crippen molar-refractivity contribution >= 4 is 28.8 Å². The Morgan fingerprint density at radius 2 is 1.86 bits per heavy atom. The van der Waals surface area contributed by atoms with Crippen LogP contribution in [0.25, 0.3) is 0 Å². The number of carbonyl (C=O) groups excluding carboxylic acids is 2. The molecule has 190 valence electrons. The van der Waals surface area contributed by atoms with Crippen molar-refractivity contribution in [3.63, 3.8) is 0 Å². The van der Waals surface area contributed by atoms with E-state index in [-0.39, 0.29) is 18.2 Å². The summed E-state index contributed by atoms with van der Waals surface area (Å²) >= 11 is 0.845. The van der Waals surface area contributed by atoms with Gasteiger partial charge in [-0.3, -0.25) is 9.59 Å². The SMILES string of the molecule is CCCCc1ncc(CNC(=O)C(SC(C)=O)c2ccc(F)cc2)n1Cc1ccc(C(=O)O)c(F)c1. The third-order valence-electron chi connectivity index (χ3n) is 5.52. The number of halogens is 2. The molecule has 0 fully saturated rings.